The molecule has 0 spiro atoms. The van der Waals surface area contributed by atoms with E-state index in [4.69, 9.17) is 9.47 Å². The molecule has 0 radical (unpaired) electrons. The zero-order valence-electron chi connectivity index (χ0n) is 13.6. The largest absolute Gasteiger partial charge is 0.490 e. The van der Waals surface area contributed by atoms with Crippen LogP contribution in [0, 0.1) is 0 Å². The quantitative estimate of drug-likeness (QED) is 0.768. The number of alkyl halides is 3. The Balaban J connectivity index is 1.95. The summed E-state index contributed by atoms with van der Waals surface area (Å²) < 4.78 is 48.9. The molecule has 24 heavy (non-hydrogen) atoms. The lowest BCUT2D eigenvalue weighted by molar-refractivity contribution is -0.137. The minimum absolute atomic E-state index is 0.163. The summed E-state index contributed by atoms with van der Waals surface area (Å²) in [6.07, 6.45) is -3.48. The fourth-order valence-electron chi connectivity index (χ4n) is 1.99. The summed E-state index contributed by atoms with van der Waals surface area (Å²) in [6.45, 7) is 5.46. The monoisotopic (exact) mass is 409 g/mol. The first kappa shape index (κ1) is 18.9. The lowest BCUT2D eigenvalue weighted by atomic mass is 10.2. The van der Waals surface area contributed by atoms with Crippen LogP contribution in [-0.4, -0.2) is 23.8 Å². The second-order valence-corrected chi connectivity index (χ2v) is 7.69. The SMILES string of the molecule is CC(C)(C)OC(=O)NC1(COc2ccc(C(F)(F)F)cc2Br)CC1. The van der Waals surface area contributed by atoms with Crippen molar-refractivity contribution in [1.82, 2.24) is 5.32 Å². The van der Waals surface area contributed by atoms with Crippen LogP contribution in [0.5, 0.6) is 5.75 Å². The van der Waals surface area contributed by atoms with Crippen LogP contribution in [0.3, 0.4) is 0 Å². The summed E-state index contributed by atoms with van der Waals surface area (Å²) in [4.78, 5) is 11.8. The van der Waals surface area contributed by atoms with E-state index >= 15 is 0 Å². The fourth-order valence-corrected chi connectivity index (χ4v) is 2.48. The van der Waals surface area contributed by atoms with E-state index in [1.54, 1.807) is 20.8 Å². The van der Waals surface area contributed by atoms with Gasteiger partial charge >= 0.3 is 12.3 Å². The van der Waals surface area contributed by atoms with Gasteiger partial charge in [-0.1, -0.05) is 0 Å². The second kappa shape index (κ2) is 6.46. The molecule has 1 aliphatic carbocycles. The van der Waals surface area contributed by atoms with Crippen molar-refractivity contribution < 1.29 is 27.4 Å². The van der Waals surface area contributed by atoms with Crippen LogP contribution in [0.15, 0.2) is 22.7 Å². The molecule has 1 N–H and O–H groups in total. The van der Waals surface area contributed by atoms with E-state index in [9.17, 15) is 18.0 Å². The maximum Gasteiger partial charge on any atom is 0.416 e. The third kappa shape index (κ3) is 5.29. The Morgan fingerprint density at radius 1 is 1.29 bits per heavy atom. The van der Waals surface area contributed by atoms with E-state index in [1.165, 1.54) is 6.07 Å². The van der Waals surface area contributed by atoms with Gasteiger partial charge in [-0.25, -0.2) is 4.79 Å². The van der Waals surface area contributed by atoms with Crippen LogP contribution in [-0.2, 0) is 10.9 Å². The van der Waals surface area contributed by atoms with Crippen molar-refractivity contribution >= 4 is 22.0 Å². The fraction of sp³-hybridized carbons (Fsp3) is 0.562. The number of amides is 1. The van der Waals surface area contributed by atoms with Crippen LogP contribution in [0.2, 0.25) is 0 Å². The van der Waals surface area contributed by atoms with E-state index < -0.39 is 29.0 Å². The van der Waals surface area contributed by atoms with Crippen molar-refractivity contribution in [3.63, 3.8) is 0 Å². The van der Waals surface area contributed by atoms with Gasteiger partial charge in [0, 0.05) is 0 Å². The molecule has 0 heterocycles. The molecular weight excluding hydrogens is 391 g/mol. The molecule has 0 saturated heterocycles. The average molecular weight is 410 g/mol. The third-order valence-electron chi connectivity index (χ3n) is 3.38. The van der Waals surface area contributed by atoms with Crippen molar-refractivity contribution in [3.05, 3.63) is 28.2 Å². The highest BCUT2D eigenvalue weighted by Crippen LogP contribution is 2.39. The van der Waals surface area contributed by atoms with Gasteiger partial charge in [-0.3, -0.25) is 0 Å². The molecule has 0 unspecified atom stereocenters. The van der Waals surface area contributed by atoms with Gasteiger partial charge in [0.2, 0.25) is 0 Å². The number of carbonyl (C=O) groups is 1. The van der Waals surface area contributed by atoms with Gasteiger partial charge in [-0.15, -0.1) is 0 Å². The maximum absolute atomic E-state index is 12.6. The molecule has 0 aromatic heterocycles. The number of hydrogen-bond acceptors (Lipinski definition) is 3. The van der Waals surface area contributed by atoms with Crippen molar-refractivity contribution in [2.75, 3.05) is 6.61 Å². The zero-order chi connectivity index (χ0) is 18.2. The van der Waals surface area contributed by atoms with Crippen LogP contribution >= 0.6 is 15.9 Å². The Morgan fingerprint density at radius 2 is 1.92 bits per heavy atom. The third-order valence-corrected chi connectivity index (χ3v) is 4.00. The summed E-state index contributed by atoms with van der Waals surface area (Å²) in [5.74, 6) is 0.292. The molecule has 1 amide bonds. The maximum atomic E-state index is 12.6. The first-order valence-electron chi connectivity index (χ1n) is 7.41. The highest BCUT2D eigenvalue weighted by atomic mass is 79.9. The lowest BCUT2D eigenvalue weighted by Gasteiger charge is -2.23. The predicted molar refractivity (Wildman–Crippen MR) is 86.0 cm³/mol. The van der Waals surface area contributed by atoms with Crippen LogP contribution in [0.25, 0.3) is 0 Å². The highest BCUT2D eigenvalue weighted by Gasteiger charge is 2.46. The number of rotatable bonds is 4. The number of benzene rings is 1. The van der Waals surface area contributed by atoms with E-state index in [0.29, 0.717) is 5.75 Å². The number of hydrogen-bond donors (Lipinski definition) is 1. The van der Waals surface area contributed by atoms with Crippen molar-refractivity contribution in [2.24, 2.45) is 0 Å². The Hall–Kier alpha value is -1.44. The first-order chi connectivity index (χ1) is 10.9. The number of alkyl carbamates (subject to hydrolysis) is 1. The van der Waals surface area contributed by atoms with Crippen LogP contribution in [0.4, 0.5) is 18.0 Å². The van der Waals surface area contributed by atoms with Crippen molar-refractivity contribution in [3.8, 4) is 5.75 Å². The van der Waals surface area contributed by atoms with Gasteiger partial charge in [0.25, 0.3) is 0 Å². The summed E-state index contributed by atoms with van der Waals surface area (Å²) in [7, 11) is 0. The summed E-state index contributed by atoms with van der Waals surface area (Å²) in [6, 6.07) is 3.19. The van der Waals surface area contributed by atoms with E-state index in [2.05, 4.69) is 21.2 Å². The number of carbonyl (C=O) groups excluding carboxylic acids is 1. The van der Waals surface area contributed by atoms with E-state index in [-0.39, 0.29) is 11.1 Å². The van der Waals surface area contributed by atoms with Crippen LogP contribution in [0.1, 0.15) is 39.2 Å². The topological polar surface area (TPSA) is 47.6 Å². The smallest absolute Gasteiger partial charge is 0.416 e. The molecule has 0 atom stereocenters. The van der Waals surface area contributed by atoms with Gasteiger partial charge in [0.15, 0.2) is 0 Å². The molecule has 2 rings (SSSR count). The standard InChI is InChI=1S/C16H19BrF3NO3/c1-14(2,3)24-13(22)21-15(6-7-15)9-23-12-5-4-10(8-11(12)17)16(18,19)20/h4-5,8H,6-7,9H2,1-3H3,(H,21,22). The molecule has 1 aliphatic rings. The molecule has 1 saturated carbocycles. The van der Waals surface area contributed by atoms with Crippen molar-refractivity contribution in [1.29, 1.82) is 0 Å². The minimum Gasteiger partial charge on any atom is -0.490 e. The molecule has 8 heteroatoms. The Morgan fingerprint density at radius 3 is 2.38 bits per heavy atom. The summed E-state index contributed by atoms with van der Waals surface area (Å²) in [5, 5.41) is 2.77. The summed E-state index contributed by atoms with van der Waals surface area (Å²) in [5.41, 5.74) is -1.88. The van der Waals surface area contributed by atoms with E-state index in [1.807, 2.05) is 0 Å². The Labute approximate surface area is 146 Å². The molecule has 4 nitrogen and oxygen atoms in total. The Kier molecular flexibility index (Phi) is 5.09. The van der Waals surface area contributed by atoms with Crippen LogP contribution < -0.4 is 10.1 Å². The molecular formula is C16H19BrF3NO3. The van der Waals surface area contributed by atoms with Gasteiger partial charge in [-0.05, 0) is 67.7 Å². The molecule has 1 aromatic rings. The molecule has 0 bridgehead atoms. The molecule has 1 aromatic carbocycles. The number of ether oxygens (including phenoxy) is 2. The van der Waals surface area contributed by atoms with Gasteiger partial charge in [0.05, 0.1) is 15.6 Å². The second-order valence-electron chi connectivity index (χ2n) is 6.84. The molecule has 134 valence electrons. The number of halogens is 4. The van der Waals surface area contributed by atoms with E-state index in [0.717, 1.165) is 25.0 Å². The number of nitrogens with one attached hydrogen (secondary N) is 1. The Bertz CT molecular complexity index is 622. The first-order valence-corrected chi connectivity index (χ1v) is 8.20. The van der Waals surface area contributed by atoms with Gasteiger partial charge in [-0.2, -0.15) is 13.2 Å². The average Bonchev–Trinajstić information content (AvgIpc) is 3.13. The molecule has 1 fully saturated rings. The summed E-state index contributed by atoms with van der Waals surface area (Å²) >= 11 is 3.08. The predicted octanol–water partition coefficient (Wildman–Crippen LogP) is 4.90. The zero-order valence-corrected chi connectivity index (χ0v) is 15.2. The van der Waals surface area contributed by atoms with Gasteiger partial charge < -0.3 is 14.8 Å². The highest BCUT2D eigenvalue weighted by molar-refractivity contribution is 9.10. The van der Waals surface area contributed by atoms with Crippen molar-refractivity contribution in [2.45, 2.75) is 50.9 Å². The van der Waals surface area contributed by atoms with Gasteiger partial charge in [0.1, 0.15) is 18.0 Å². The molecule has 0 aliphatic heterocycles. The lowest BCUT2D eigenvalue weighted by Crippen LogP contribution is -2.44. The normalized spacial score (nSPS) is 16.5. The minimum atomic E-state index is -4.41.